The molecule has 5 aromatic carbocycles. The Balaban J connectivity index is 1.12. The van der Waals surface area contributed by atoms with Gasteiger partial charge in [-0.1, -0.05) is 91.0 Å². The second kappa shape index (κ2) is 9.55. The van der Waals surface area contributed by atoms with Gasteiger partial charge in [-0.2, -0.15) is 0 Å². The molecule has 10 rings (SSSR count). The lowest BCUT2D eigenvalue weighted by Gasteiger charge is -2.22. The molecule has 0 bridgehead atoms. The molecule has 0 spiro atoms. The van der Waals surface area contributed by atoms with E-state index in [-0.39, 0.29) is 0 Å². The van der Waals surface area contributed by atoms with Gasteiger partial charge < -0.3 is 4.57 Å². The van der Waals surface area contributed by atoms with E-state index < -0.39 is 0 Å². The molecular weight excluding hydrogens is 569 g/mol. The van der Waals surface area contributed by atoms with Crippen molar-refractivity contribution in [1.82, 2.24) is 19.1 Å². The van der Waals surface area contributed by atoms with Crippen molar-refractivity contribution in [1.29, 1.82) is 0 Å². The normalized spacial score (nSPS) is 16.7. The summed E-state index contributed by atoms with van der Waals surface area (Å²) in [5, 5.41) is 4.12. The van der Waals surface area contributed by atoms with Crippen molar-refractivity contribution in [2.24, 2.45) is 0 Å². The van der Waals surface area contributed by atoms with Gasteiger partial charge in [0.1, 0.15) is 0 Å². The molecule has 5 heteroatoms. The Hall–Kier alpha value is -5.39. The fraction of sp³-hybridized carbons (Fsp3) is 0.0500. The Morgan fingerprint density at radius 3 is 2.11 bits per heavy atom. The molecule has 212 valence electrons. The Morgan fingerprint density at radius 1 is 0.622 bits per heavy atom. The van der Waals surface area contributed by atoms with Crippen molar-refractivity contribution in [2.75, 3.05) is 0 Å². The minimum Gasteiger partial charge on any atom is -0.309 e. The Bertz CT molecular complexity index is 2450. The number of rotatable bonds is 3. The minimum absolute atomic E-state index is 0.333. The molecule has 8 aromatic rings. The van der Waals surface area contributed by atoms with Gasteiger partial charge in [-0.05, 0) is 59.7 Å². The summed E-state index contributed by atoms with van der Waals surface area (Å²) < 4.78 is 4.60. The number of hydrogen-bond donors (Lipinski definition) is 0. The number of fused-ring (bicyclic) bond motifs is 10. The van der Waals surface area contributed by atoms with Crippen LogP contribution in [0.15, 0.2) is 145 Å². The molecule has 3 aromatic heterocycles. The first-order chi connectivity index (χ1) is 22.3. The lowest BCUT2D eigenvalue weighted by Crippen LogP contribution is -2.09. The van der Waals surface area contributed by atoms with Crippen LogP contribution in [0, 0.1) is 0 Å². The number of hydrogen-bond acceptors (Lipinski definition) is 3. The summed E-state index contributed by atoms with van der Waals surface area (Å²) >= 11 is 1.98. The van der Waals surface area contributed by atoms with Crippen LogP contribution in [-0.2, 0) is 0 Å². The number of para-hydroxylation sites is 3. The number of nitrogens with zero attached hydrogens (tertiary/aromatic N) is 4. The number of aromatic nitrogens is 4. The largest absolute Gasteiger partial charge is 0.309 e. The van der Waals surface area contributed by atoms with Crippen LogP contribution in [0.1, 0.15) is 28.0 Å². The minimum atomic E-state index is 0.333. The second-order valence-corrected chi connectivity index (χ2v) is 13.0. The zero-order valence-corrected chi connectivity index (χ0v) is 25.0. The molecule has 2 aliphatic rings. The Morgan fingerprint density at radius 2 is 1.31 bits per heavy atom. The first-order valence-corrected chi connectivity index (χ1v) is 16.2. The zero-order valence-electron chi connectivity index (χ0n) is 24.2. The summed E-state index contributed by atoms with van der Waals surface area (Å²) in [5.41, 5.74) is 10.6. The van der Waals surface area contributed by atoms with Crippen molar-refractivity contribution >= 4 is 50.5 Å². The van der Waals surface area contributed by atoms with E-state index in [4.69, 9.17) is 9.97 Å². The van der Waals surface area contributed by atoms with E-state index in [1.54, 1.807) is 0 Å². The molecule has 1 aliphatic heterocycles. The predicted octanol–water partition coefficient (Wildman–Crippen LogP) is 10.1. The Labute approximate surface area is 264 Å². The number of benzene rings is 5. The van der Waals surface area contributed by atoms with Gasteiger partial charge in [0.15, 0.2) is 0 Å². The molecule has 2 unspecified atom stereocenters. The molecule has 2 atom stereocenters. The van der Waals surface area contributed by atoms with E-state index in [9.17, 15) is 0 Å². The first kappa shape index (κ1) is 25.0. The van der Waals surface area contributed by atoms with Gasteiger partial charge in [0, 0.05) is 49.7 Å². The second-order valence-electron chi connectivity index (χ2n) is 11.8. The highest BCUT2D eigenvalue weighted by Gasteiger charge is 2.39. The summed E-state index contributed by atoms with van der Waals surface area (Å²) in [5.74, 6) is 1.06. The van der Waals surface area contributed by atoms with Crippen LogP contribution in [0.3, 0.4) is 0 Å². The molecule has 0 N–H and O–H groups in total. The fourth-order valence-corrected chi connectivity index (χ4v) is 8.98. The number of thioether (sulfide) groups is 1. The average Bonchev–Trinajstić information content (AvgIpc) is 3.76. The van der Waals surface area contributed by atoms with E-state index in [0.29, 0.717) is 17.1 Å². The standard InChI is InChI=1S/C40H26N4S/c1-5-16-33-27(12-1)28-13-2-6-17-34(28)43(33)26-11-9-10-25(24-26)32-22-23-41-40(42-32)44-35-18-7-3-15-31(35)38-36(44)21-20-30-29-14-4-8-19-37(29)45-39(30)38/h1-24,30,39H. The van der Waals surface area contributed by atoms with Crippen molar-refractivity contribution in [2.45, 2.75) is 16.1 Å². The third-order valence-electron chi connectivity index (χ3n) is 9.38. The van der Waals surface area contributed by atoms with Crippen LogP contribution in [-0.4, -0.2) is 19.1 Å². The van der Waals surface area contributed by atoms with E-state index in [0.717, 1.165) is 22.5 Å². The Kier molecular flexibility index (Phi) is 5.31. The molecular formula is C40H26N4S. The molecule has 45 heavy (non-hydrogen) atoms. The quantitative estimate of drug-likeness (QED) is 0.204. The highest BCUT2D eigenvalue weighted by Crippen LogP contribution is 2.59. The summed E-state index contributed by atoms with van der Waals surface area (Å²) in [6.07, 6.45) is 6.56. The maximum atomic E-state index is 5.22. The van der Waals surface area contributed by atoms with Crippen LogP contribution in [0.2, 0.25) is 0 Å². The van der Waals surface area contributed by atoms with E-state index in [2.05, 4.69) is 143 Å². The highest BCUT2D eigenvalue weighted by atomic mass is 32.2. The van der Waals surface area contributed by atoms with E-state index in [1.165, 1.54) is 48.9 Å². The third kappa shape index (κ3) is 3.62. The molecule has 0 saturated heterocycles. The molecule has 1 aliphatic carbocycles. The van der Waals surface area contributed by atoms with Crippen molar-refractivity contribution in [3.05, 3.63) is 156 Å². The van der Waals surface area contributed by atoms with Gasteiger partial charge in [0.25, 0.3) is 0 Å². The fourth-order valence-electron chi connectivity index (χ4n) is 7.46. The SMILES string of the molecule is C1=CC2c3ccccc3SC2c2c1n(-c1nccc(-c3cccc(-n4c5ccccc5c5ccccc54)c3)n1)c1ccccc21. The van der Waals surface area contributed by atoms with Gasteiger partial charge in [0.05, 0.1) is 27.9 Å². The summed E-state index contributed by atoms with van der Waals surface area (Å²) in [6, 6.07) is 45.5. The van der Waals surface area contributed by atoms with Crippen molar-refractivity contribution in [3.8, 4) is 22.9 Å². The maximum Gasteiger partial charge on any atom is 0.235 e. The monoisotopic (exact) mass is 594 g/mol. The summed E-state index contributed by atoms with van der Waals surface area (Å²) in [6.45, 7) is 0. The van der Waals surface area contributed by atoms with Crippen LogP contribution in [0.25, 0.3) is 61.7 Å². The molecule has 4 heterocycles. The lowest BCUT2D eigenvalue weighted by molar-refractivity contribution is 0.812. The van der Waals surface area contributed by atoms with Crippen LogP contribution in [0.4, 0.5) is 0 Å². The first-order valence-electron chi connectivity index (χ1n) is 15.3. The molecule has 0 radical (unpaired) electrons. The summed E-state index contributed by atoms with van der Waals surface area (Å²) in [7, 11) is 0. The lowest BCUT2D eigenvalue weighted by atomic mass is 9.86. The van der Waals surface area contributed by atoms with Crippen molar-refractivity contribution < 1.29 is 0 Å². The van der Waals surface area contributed by atoms with Crippen LogP contribution >= 0.6 is 11.8 Å². The van der Waals surface area contributed by atoms with E-state index >= 15 is 0 Å². The predicted molar refractivity (Wildman–Crippen MR) is 185 cm³/mol. The maximum absolute atomic E-state index is 5.22. The van der Waals surface area contributed by atoms with Crippen molar-refractivity contribution in [3.63, 3.8) is 0 Å². The average molecular weight is 595 g/mol. The molecule has 4 nitrogen and oxygen atoms in total. The van der Waals surface area contributed by atoms with Gasteiger partial charge >= 0.3 is 0 Å². The smallest absolute Gasteiger partial charge is 0.235 e. The van der Waals surface area contributed by atoms with Gasteiger partial charge in [-0.25, -0.2) is 9.97 Å². The van der Waals surface area contributed by atoms with E-state index in [1.807, 2.05) is 24.0 Å². The van der Waals surface area contributed by atoms with Gasteiger partial charge in [-0.3, -0.25) is 4.57 Å². The molecule has 0 amide bonds. The van der Waals surface area contributed by atoms with Crippen LogP contribution < -0.4 is 0 Å². The van der Waals surface area contributed by atoms with Crippen LogP contribution in [0.5, 0.6) is 0 Å². The molecule has 0 saturated carbocycles. The summed E-state index contributed by atoms with van der Waals surface area (Å²) in [4.78, 5) is 11.4. The topological polar surface area (TPSA) is 35.6 Å². The van der Waals surface area contributed by atoms with Gasteiger partial charge in [0.2, 0.25) is 5.95 Å². The third-order valence-corrected chi connectivity index (χ3v) is 10.8. The number of allylic oxidation sites excluding steroid dienone is 1. The molecule has 0 fully saturated rings. The highest BCUT2D eigenvalue weighted by molar-refractivity contribution is 8.00. The zero-order chi connectivity index (χ0) is 29.5. The van der Waals surface area contributed by atoms with Gasteiger partial charge in [-0.15, -0.1) is 11.8 Å².